The van der Waals surface area contributed by atoms with Crippen LogP contribution in [-0.2, 0) is 6.54 Å². The minimum Gasteiger partial charge on any atom is -0.356 e. The van der Waals surface area contributed by atoms with Crippen LogP contribution in [-0.4, -0.2) is 16.4 Å². The summed E-state index contributed by atoms with van der Waals surface area (Å²) in [6.07, 6.45) is 7.86. The molecule has 0 bridgehead atoms. The van der Waals surface area contributed by atoms with Gasteiger partial charge in [0.2, 0.25) is 0 Å². The molecule has 1 aromatic heterocycles. The monoisotopic (exact) mass is 336 g/mol. The van der Waals surface area contributed by atoms with Gasteiger partial charge < -0.3 is 10.6 Å². The van der Waals surface area contributed by atoms with Crippen molar-refractivity contribution in [1.29, 1.82) is 0 Å². The number of anilines is 2. The molecule has 1 aromatic carbocycles. The van der Waals surface area contributed by atoms with Crippen molar-refractivity contribution >= 4 is 17.3 Å². The Balaban J connectivity index is 0.000000880. The summed E-state index contributed by atoms with van der Waals surface area (Å²) in [4.78, 5) is 9.44. The van der Waals surface area contributed by atoms with Gasteiger partial charge in [0.25, 0.3) is 0 Å². The molecule has 2 aromatic rings. The minimum atomic E-state index is -0.0750. The van der Waals surface area contributed by atoms with Gasteiger partial charge in [-0.05, 0) is 30.5 Å². The summed E-state index contributed by atoms with van der Waals surface area (Å²) >= 11 is 0. The van der Waals surface area contributed by atoms with Gasteiger partial charge in [0.05, 0.1) is 17.8 Å². The molecule has 2 aliphatic rings. The lowest BCUT2D eigenvalue weighted by Crippen LogP contribution is -2.54. The molecule has 2 N–H and O–H groups in total. The molecule has 4 rings (SSSR count). The molecule has 4 nitrogen and oxygen atoms in total. The van der Waals surface area contributed by atoms with E-state index in [1.165, 1.54) is 24.8 Å². The van der Waals surface area contributed by atoms with Gasteiger partial charge in [0.1, 0.15) is 5.84 Å². The van der Waals surface area contributed by atoms with Crippen LogP contribution in [0, 0.1) is 0 Å². The minimum absolute atomic E-state index is 0.0750. The van der Waals surface area contributed by atoms with Crippen LogP contribution in [0.5, 0.6) is 0 Å². The molecule has 25 heavy (non-hydrogen) atoms. The van der Waals surface area contributed by atoms with Gasteiger partial charge in [-0.15, -0.1) is 0 Å². The molecule has 4 heteroatoms. The fourth-order valence-electron chi connectivity index (χ4n) is 3.60. The Labute approximate surface area is 150 Å². The quantitative estimate of drug-likeness (QED) is 0.788. The van der Waals surface area contributed by atoms with E-state index in [4.69, 9.17) is 4.99 Å². The number of fused-ring (bicyclic) bond motifs is 1. The fourth-order valence-corrected chi connectivity index (χ4v) is 3.60. The lowest BCUT2D eigenvalue weighted by Gasteiger charge is -2.43. The van der Waals surface area contributed by atoms with Crippen molar-refractivity contribution in [3.8, 4) is 0 Å². The number of hydrogen-bond acceptors (Lipinski definition) is 3. The Kier molecular flexibility index (Phi) is 5.69. The maximum absolute atomic E-state index is 4.94. The molecule has 2 heterocycles. The van der Waals surface area contributed by atoms with E-state index >= 15 is 0 Å². The topological polar surface area (TPSA) is 49.3 Å². The number of nitrogens with zero attached hydrogens (tertiary/aromatic N) is 2. The molecule has 1 aliphatic carbocycles. The van der Waals surface area contributed by atoms with Gasteiger partial charge in [-0.25, -0.2) is 4.98 Å². The van der Waals surface area contributed by atoms with Crippen LogP contribution in [0.15, 0.2) is 53.7 Å². The van der Waals surface area contributed by atoms with E-state index in [1.807, 2.05) is 32.2 Å². The van der Waals surface area contributed by atoms with Crippen LogP contribution in [0.25, 0.3) is 0 Å². The van der Waals surface area contributed by atoms with E-state index in [1.54, 1.807) is 0 Å². The smallest absolute Gasteiger partial charge is 0.150 e. The van der Waals surface area contributed by atoms with Crippen molar-refractivity contribution in [2.24, 2.45) is 4.99 Å². The molecule has 0 unspecified atom stereocenters. The van der Waals surface area contributed by atoms with E-state index in [9.17, 15) is 0 Å². The first kappa shape index (κ1) is 17.5. The Morgan fingerprint density at radius 3 is 2.52 bits per heavy atom. The summed E-state index contributed by atoms with van der Waals surface area (Å²) in [6, 6.07) is 14.5. The zero-order valence-corrected chi connectivity index (χ0v) is 15.3. The second-order valence-corrected chi connectivity index (χ2v) is 6.44. The summed E-state index contributed by atoms with van der Waals surface area (Å²) in [5.41, 5.74) is 2.19. The summed E-state index contributed by atoms with van der Waals surface area (Å²) in [5, 5.41) is 7.25. The largest absolute Gasteiger partial charge is 0.356 e. The third kappa shape index (κ3) is 3.84. The van der Waals surface area contributed by atoms with Crippen LogP contribution in [0.3, 0.4) is 0 Å². The highest BCUT2D eigenvalue weighted by Gasteiger charge is 2.41. The van der Waals surface area contributed by atoms with E-state index in [2.05, 4.69) is 45.9 Å². The Morgan fingerprint density at radius 1 is 1.00 bits per heavy atom. The van der Waals surface area contributed by atoms with Gasteiger partial charge >= 0.3 is 0 Å². The first-order valence-corrected chi connectivity index (χ1v) is 9.45. The summed E-state index contributed by atoms with van der Waals surface area (Å²) < 4.78 is 0. The number of nitrogens with one attached hydrogen (secondary N) is 2. The maximum atomic E-state index is 4.94. The average Bonchev–Trinajstić information content (AvgIpc) is 2.69. The second kappa shape index (κ2) is 8.15. The van der Waals surface area contributed by atoms with Crippen LogP contribution >= 0.6 is 0 Å². The van der Waals surface area contributed by atoms with Crippen LogP contribution in [0.2, 0.25) is 0 Å². The molecule has 1 fully saturated rings. The predicted molar refractivity (Wildman–Crippen MR) is 106 cm³/mol. The lowest BCUT2D eigenvalue weighted by atomic mass is 9.79. The number of hydrogen-bond donors (Lipinski definition) is 2. The van der Waals surface area contributed by atoms with Crippen LogP contribution < -0.4 is 10.6 Å². The third-order valence-electron chi connectivity index (χ3n) is 4.84. The highest BCUT2D eigenvalue weighted by Crippen LogP contribution is 2.38. The molecule has 1 aliphatic heterocycles. The summed E-state index contributed by atoms with van der Waals surface area (Å²) in [7, 11) is 0. The van der Waals surface area contributed by atoms with E-state index in [0.717, 1.165) is 30.2 Å². The van der Waals surface area contributed by atoms with Crippen LogP contribution in [0.4, 0.5) is 11.5 Å². The molecule has 0 radical (unpaired) electrons. The first-order valence-electron chi connectivity index (χ1n) is 9.45. The predicted octanol–water partition coefficient (Wildman–Crippen LogP) is 5.25. The van der Waals surface area contributed by atoms with Gasteiger partial charge in [-0.2, -0.15) is 0 Å². The zero-order valence-electron chi connectivity index (χ0n) is 15.3. The normalized spacial score (nSPS) is 19.2. The van der Waals surface area contributed by atoms with Gasteiger partial charge in [-0.3, -0.25) is 4.99 Å². The highest BCUT2D eigenvalue weighted by molar-refractivity contribution is 6.08. The van der Waals surface area contributed by atoms with Crippen molar-refractivity contribution < 1.29 is 0 Å². The van der Waals surface area contributed by atoms with Gasteiger partial charge in [0, 0.05) is 6.20 Å². The van der Waals surface area contributed by atoms with Crippen molar-refractivity contribution in [3.63, 3.8) is 0 Å². The number of benzene rings is 1. The lowest BCUT2D eigenvalue weighted by molar-refractivity contribution is 0.401. The van der Waals surface area contributed by atoms with Crippen molar-refractivity contribution in [1.82, 2.24) is 4.98 Å². The van der Waals surface area contributed by atoms with Crippen molar-refractivity contribution in [2.75, 3.05) is 10.6 Å². The van der Waals surface area contributed by atoms with Gasteiger partial charge in [-0.1, -0.05) is 63.4 Å². The number of rotatable bonds is 2. The molecular weight excluding hydrogens is 308 g/mol. The Hall–Kier alpha value is -2.36. The fraction of sp³-hybridized carbons (Fsp3) is 0.429. The molecule has 0 amide bonds. The third-order valence-corrected chi connectivity index (χ3v) is 4.84. The number of amidine groups is 1. The molecular formula is C21H28N4. The van der Waals surface area contributed by atoms with E-state index in [-0.39, 0.29) is 5.54 Å². The maximum Gasteiger partial charge on any atom is 0.150 e. The number of aromatic nitrogens is 1. The van der Waals surface area contributed by atoms with E-state index in [0.29, 0.717) is 6.54 Å². The van der Waals surface area contributed by atoms with Gasteiger partial charge in [0.15, 0.2) is 5.82 Å². The molecule has 0 atom stereocenters. The Bertz CT molecular complexity index is 703. The van der Waals surface area contributed by atoms with Crippen molar-refractivity contribution in [3.05, 3.63) is 54.2 Å². The highest BCUT2D eigenvalue weighted by atomic mass is 15.2. The second-order valence-electron chi connectivity index (χ2n) is 6.44. The zero-order chi connectivity index (χ0) is 17.5. The molecule has 1 spiro atoms. The standard InChI is InChI=1S/C19H22N4.C2H6/c1-3-8-15(9-4-1)14-21-18-19(11-5-2-6-12-19)23-17-16(22-18)10-7-13-20-17;1-2/h1,3-4,7-10,13H,2,5-6,11-12,14H2,(H,20,23)(H,21,22);1-2H3. The summed E-state index contributed by atoms with van der Waals surface area (Å²) in [5.74, 6) is 2.02. The summed E-state index contributed by atoms with van der Waals surface area (Å²) in [6.45, 7) is 4.71. The Morgan fingerprint density at radius 2 is 1.76 bits per heavy atom. The SMILES string of the molecule is CC.c1ccc(CN=C2Nc3cccnc3NC23CCCCC3)cc1. The molecule has 1 saturated carbocycles. The number of pyridine rings is 1. The first-order chi connectivity index (χ1) is 12.4. The average molecular weight is 336 g/mol. The molecule has 0 saturated heterocycles. The molecule has 132 valence electrons. The number of aliphatic imine (C=N–C) groups is 1. The van der Waals surface area contributed by atoms with Crippen molar-refractivity contribution in [2.45, 2.75) is 58.0 Å². The van der Waals surface area contributed by atoms with E-state index < -0.39 is 0 Å². The van der Waals surface area contributed by atoms with Crippen LogP contribution in [0.1, 0.15) is 51.5 Å².